The normalized spacial score (nSPS) is 11.0. The Morgan fingerprint density at radius 3 is 2.40 bits per heavy atom. The maximum Gasteiger partial charge on any atom is 0.310 e. The van der Waals surface area contributed by atoms with Crippen LogP contribution >= 0.6 is 0 Å². The molecule has 0 radical (unpaired) electrons. The van der Waals surface area contributed by atoms with Crippen molar-refractivity contribution in [2.45, 2.75) is 54.0 Å². The summed E-state index contributed by atoms with van der Waals surface area (Å²) in [6, 6.07) is 11.7. The van der Waals surface area contributed by atoms with Gasteiger partial charge in [-0.15, -0.1) is 0 Å². The topological polar surface area (TPSA) is 66.1 Å². The standard InChI is InChI=1S/C24H29N3O3/c1-6-12-26-16(2)13-22(18(26)4)23(28)15-30-24(29)14-21-17(3)25-27(19(21)5)20-10-8-7-9-11-20/h7-11,13H,6,12,14-15H2,1-5H3. The number of rotatable bonds is 8. The molecule has 0 bridgehead atoms. The number of carbonyl (C=O) groups is 2. The first-order chi connectivity index (χ1) is 14.3. The predicted molar refractivity (Wildman–Crippen MR) is 116 cm³/mol. The lowest BCUT2D eigenvalue weighted by Gasteiger charge is -2.08. The van der Waals surface area contributed by atoms with Crippen LogP contribution in [-0.2, 0) is 22.5 Å². The number of Topliss-reactive ketones (excluding diaryl/α,β-unsaturated/α-hetero) is 1. The Bertz CT molecular complexity index is 1060. The lowest BCUT2D eigenvalue weighted by Crippen LogP contribution is -2.17. The van der Waals surface area contributed by atoms with Crippen molar-refractivity contribution >= 4 is 11.8 Å². The van der Waals surface area contributed by atoms with E-state index in [4.69, 9.17) is 4.74 Å². The summed E-state index contributed by atoms with van der Waals surface area (Å²) in [6.45, 7) is 10.5. The van der Waals surface area contributed by atoms with Gasteiger partial charge in [0.25, 0.3) is 0 Å². The van der Waals surface area contributed by atoms with Gasteiger partial charge in [0, 0.05) is 34.8 Å². The number of esters is 1. The maximum atomic E-state index is 12.6. The van der Waals surface area contributed by atoms with Crippen molar-refractivity contribution in [1.29, 1.82) is 0 Å². The Labute approximate surface area is 177 Å². The number of ether oxygens (including phenoxy) is 1. The van der Waals surface area contributed by atoms with Gasteiger partial charge in [0.15, 0.2) is 6.61 Å². The van der Waals surface area contributed by atoms with Crippen molar-refractivity contribution in [3.05, 3.63) is 70.3 Å². The minimum atomic E-state index is -0.426. The smallest absolute Gasteiger partial charge is 0.310 e. The molecule has 2 heterocycles. The zero-order chi connectivity index (χ0) is 21.8. The van der Waals surface area contributed by atoms with Crippen LogP contribution in [0.1, 0.15) is 52.0 Å². The molecule has 0 spiro atoms. The van der Waals surface area contributed by atoms with Gasteiger partial charge < -0.3 is 9.30 Å². The summed E-state index contributed by atoms with van der Waals surface area (Å²) < 4.78 is 9.27. The molecule has 3 rings (SSSR count). The number of hydrogen-bond acceptors (Lipinski definition) is 4. The Kier molecular flexibility index (Phi) is 6.55. The maximum absolute atomic E-state index is 12.6. The average Bonchev–Trinajstić information content (AvgIpc) is 3.18. The van der Waals surface area contributed by atoms with Gasteiger partial charge >= 0.3 is 5.97 Å². The zero-order valence-corrected chi connectivity index (χ0v) is 18.4. The van der Waals surface area contributed by atoms with Crippen molar-refractivity contribution in [2.75, 3.05) is 6.61 Å². The van der Waals surface area contributed by atoms with Crippen molar-refractivity contribution < 1.29 is 14.3 Å². The van der Waals surface area contributed by atoms with Crippen LogP contribution in [-0.4, -0.2) is 32.7 Å². The van der Waals surface area contributed by atoms with Crippen molar-refractivity contribution in [3.8, 4) is 5.69 Å². The van der Waals surface area contributed by atoms with Crippen molar-refractivity contribution in [2.24, 2.45) is 0 Å². The second-order valence-electron chi connectivity index (χ2n) is 7.59. The van der Waals surface area contributed by atoms with Crippen LogP contribution in [0, 0.1) is 27.7 Å². The van der Waals surface area contributed by atoms with E-state index in [1.807, 2.05) is 68.8 Å². The number of aryl methyl sites for hydroxylation is 2. The van der Waals surface area contributed by atoms with Crippen LogP contribution in [0.25, 0.3) is 5.69 Å². The zero-order valence-electron chi connectivity index (χ0n) is 18.4. The third-order valence-electron chi connectivity index (χ3n) is 5.45. The largest absolute Gasteiger partial charge is 0.457 e. The SMILES string of the molecule is CCCn1c(C)cc(C(=O)COC(=O)Cc2c(C)nn(-c3ccccc3)c2C)c1C. The van der Waals surface area contributed by atoms with E-state index in [1.54, 1.807) is 0 Å². The monoisotopic (exact) mass is 407 g/mol. The molecular weight excluding hydrogens is 378 g/mol. The molecule has 0 aliphatic heterocycles. The van der Waals surface area contributed by atoms with E-state index in [2.05, 4.69) is 16.6 Å². The Balaban J connectivity index is 1.66. The van der Waals surface area contributed by atoms with Crippen molar-refractivity contribution in [3.63, 3.8) is 0 Å². The third kappa shape index (κ3) is 4.37. The predicted octanol–water partition coefficient (Wildman–Crippen LogP) is 4.29. The number of para-hydroxylation sites is 1. The van der Waals surface area contributed by atoms with E-state index < -0.39 is 5.97 Å². The van der Waals surface area contributed by atoms with Gasteiger partial charge in [-0.05, 0) is 52.3 Å². The fraction of sp³-hybridized carbons (Fsp3) is 0.375. The Morgan fingerprint density at radius 1 is 1.03 bits per heavy atom. The molecule has 0 atom stereocenters. The quantitative estimate of drug-likeness (QED) is 0.413. The number of aromatic nitrogens is 3. The summed E-state index contributed by atoms with van der Waals surface area (Å²) in [7, 11) is 0. The summed E-state index contributed by atoms with van der Waals surface area (Å²) in [5.74, 6) is -0.600. The van der Waals surface area contributed by atoms with Crippen molar-refractivity contribution in [1.82, 2.24) is 14.3 Å². The molecule has 0 aliphatic carbocycles. The first-order valence-electron chi connectivity index (χ1n) is 10.3. The molecule has 0 unspecified atom stereocenters. The molecule has 6 nitrogen and oxygen atoms in total. The number of carbonyl (C=O) groups excluding carboxylic acids is 2. The molecule has 1 aromatic carbocycles. The first-order valence-corrected chi connectivity index (χ1v) is 10.3. The first kappa shape index (κ1) is 21.6. The highest BCUT2D eigenvalue weighted by Crippen LogP contribution is 2.19. The molecule has 30 heavy (non-hydrogen) atoms. The van der Waals surface area contributed by atoms with Crippen LogP contribution in [0.4, 0.5) is 0 Å². The molecular formula is C24H29N3O3. The molecule has 2 aromatic heterocycles. The summed E-state index contributed by atoms with van der Waals surface area (Å²) in [6.07, 6.45) is 1.08. The number of benzene rings is 1. The third-order valence-corrected chi connectivity index (χ3v) is 5.45. The molecule has 0 aliphatic rings. The van der Waals surface area contributed by atoms with Gasteiger partial charge in [-0.1, -0.05) is 25.1 Å². The molecule has 3 aromatic rings. The number of nitrogens with zero attached hydrogens (tertiary/aromatic N) is 3. The van der Waals surface area contributed by atoms with E-state index >= 15 is 0 Å². The number of hydrogen-bond donors (Lipinski definition) is 0. The molecule has 0 N–H and O–H groups in total. The van der Waals surface area contributed by atoms with E-state index in [-0.39, 0.29) is 18.8 Å². The fourth-order valence-electron chi connectivity index (χ4n) is 3.82. The lowest BCUT2D eigenvalue weighted by atomic mass is 10.1. The minimum Gasteiger partial charge on any atom is -0.457 e. The van der Waals surface area contributed by atoms with E-state index in [0.29, 0.717) is 5.56 Å². The summed E-state index contributed by atoms with van der Waals surface area (Å²) >= 11 is 0. The molecule has 0 fully saturated rings. The summed E-state index contributed by atoms with van der Waals surface area (Å²) in [5.41, 5.74) is 6.04. The lowest BCUT2D eigenvalue weighted by molar-refractivity contribution is -0.141. The highest BCUT2D eigenvalue weighted by atomic mass is 16.5. The summed E-state index contributed by atoms with van der Waals surface area (Å²) in [4.78, 5) is 25.0. The fourth-order valence-corrected chi connectivity index (χ4v) is 3.82. The molecule has 6 heteroatoms. The van der Waals surface area contributed by atoms with E-state index in [9.17, 15) is 9.59 Å². The molecule has 0 amide bonds. The van der Waals surface area contributed by atoms with E-state index in [0.717, 1.165) is 47.0 Å². The molecule has 0 saturated heterocycles. The van der Waals surface area contributed by atoms with Crippen LogP contribution in [0.5, 0.6) is 0 Å². The second kappa shape index (κ2) is 9.11. The number of ketones is 1. The van der Waals surface area contributed by atoms with Gasteiger partial charge in [-0.2, -0.15) is 5.10 Å². The highest BCUT2D eigenvalue weighted by molar-refractivity contribution is 5.99. The minimum absolute atomic E-state index is 0.0899. The van der Waals surface area contributed by atoms with Gasteiger partial charge in [0.2, 0.25) is 5.78 Å². The van der Waals surface area contributed by atoms with E-state index in [1.165, 1.54) is 0 Å². The second-order valence-corrected chi connectivity index (χ2v) is 7.59. The van der Waals surface area contributed by atoms with Gasteiger partial charge in [-0.3, -0.25) is 9.59 Å². The van der Waals surface area contributed by atoms with Crippen LogP contribution in [0.3, 0.4) is 0 Å². The van der Waals surface area contributed by atoms with Gasteiger partial charge in [-0.25, -0.2) is 4.68 Å². The van der Waals surface area contributed by atoms with Gasteiger partial charge in [0.1, 0.15) is 0 Å². The van der Waals surface area contributed by atoms with Gasteiger partial charge in [0.05, 0.1) is 17.8 Å². The molecule has 158 valence electrons. The van der Waals surface area contributed by atoms with Crippen LogP contribution in [0.2, 0.25) is 0 Å². The summed E-state index contributed by atoms with van der Waals surface area (Å²) in [5, 5.41) is 4.56. The molecule has 0 saturated carbocycles. The Hall–Kier alpha value is -3.15. The highest BCUT2D eigenvalue weighted by Gasteiger charge is 2.20. The Morgan fingerprint density at radius 2 is 1.73 bits per heavy atom. The van der Waals surface area contributed by atoms with Crippen LogP contribution in [0.15, 0.2) is 36.4 Å². The average molecular weight is 408 g/mol. The van der Waals surface area contributed by atoms with Crippen LogP contribution < -0.4 is 0 Å².